The number of carbonyl (C=O) groups excluding carboxylic acids is 2. The Bertz CT molecular complexity index is 1060. The Morgan fingerprint density at radius 1 is 0.828 bits per heavy atom. The molecule has 5 heteroatoms. The van der Waals surface area contributed by atoms with Crippen molar-refractivity contribution in [2.24, 2.45) is 11.8 Å². The van der Waals surface area contributed by atoms with Crippen LogP contribution in [-0.2, 0) is 9.59 Å². The fourth-order valence-corrected chi connectivity index (χ4v) is 5.48. The van der Waals surface area contributed by atoms with Gasteiger partial charge in [-0.2, -0.15) is 4.57 Å². The van der Waals surface area contributed by atoms with E-state index in [9.17, 15) is 9.59 Å². The summed E-state index contributed by atoms with van der Waals surface area (Å²) in [6.07, 6.45) is 2.03. The first-order chi connectivity index (χ1) is 14.2. The minimum Gasteiger partial charge on any atom is -0.497 e. The van der Waals surface area contributed by atoms with Gasteiger partial charge in [0, 0.05) is 17.7 Å². The second-order valence-corrected chi connectivity index (χ2v) is 7.85. The molecule has 0 N–H and O–H groups in total. The fraction of sp³-hybridized carbons (Fsp3) is 0.208. The van der Waals surface area contributed by atoms with Crippen LogP contribution >= 0.6 is 0 Å². The number of aromatic nitrogens is 1. The standard InChI is InChI=1S/C24H19N2O3/c1-29-15-11-9-14(10-12-15)26-23(27)20-19-16-6-2-3-7-17(16)22(21(20)24(26)28)25-13-5-4-8-18(19)25/h2-13,19-22H,1H3/q+1/t19-,20-,21-,22+/m1/s1. The van der Waals surface area contributed by atoms with Crippen LogP contribution in [0.25, 0.3) is 0 Å². The van der Waals surface area contributed by atoms with E-state index in [4.69, 9.17) is 4.74 Å². The first kappa shape index (κ1) is 16.5. The zero-order valence-electron chi connectivity index (χ0n) is 15.9. The molecule has 4 atom stereocenters. The second-order valence-electron chi connectivity index (χ2n) is 7.85. The average molecular weight is 383 g/mol. The molecule has 1 fully saturated rings. The Hall–Kier alpha value is -3.47. The van der Waals surface area contributed by atoms with Crippen molar-refractivity contribution in [2.75, 3.05) is 12.0 Å². The van der Waals surface area contributed by atoms with Gasteiger partial charge in [-0.15, -0.1) is 0 Å². The lowest BCUT2D eigenvalue weighted by atomic mass is 9.63. The smallest absolute Gasteiger partial charge is 0.244 e. The molecular formula is C24H19N2O3+. The molecule has 0 saturated carbocycles. The molecule has 1 aromatic heterocycles. The van der Waals surface area contributed by atoms with Crippen LogP contribution in [0.4, 0.5) is 5.69 Å². The lowest BCUT2D eigenvalue weighted by Gasteiger charge is -2.40. The SMILES string of the molecule is COc1ccc(N2C(=O)[C@@H]3[C@@H]4c5ccccc5[C@@H]([C@@H]3C2=O)[n+]2ccccc24)cc1. The summed E-state index contributed by atoms with van der Waals surface area (Å²) in [7, 11) is 1.60. The molecule has 1 aliphatic carbocycles. The van der Waals surface area contributed by atoms with E-state index in [0.29, 0.717) is 11.4 Å². The first-order valence-electron chi connectivity index (χ1n) is 9.81. The van der Waals surface area contributed by atoms with Gasteiger partial charge in [0.25, 0.3) is 0 Å². The summed E-state index contributed by atoms with van der Waals surface area (Å²) >= 11 is 0. The number of anilines is 1. The third-order valence-electron chi connectivity index (χ3n) is 6.62. The van der Waals surface area contributed by atoms with E-state index in [1.807, 2.05) is 30.5 Å². The van der Waals surface area contributed by atoms with Crippen molar-refractivity contribution < 1.29 is 18.9 Å². The van der Waals surface area contributed by atoms with Gasteiger partial charge in [0.1, 0.15) is 11.7 Å². The van der Waals surface area contributed by atoms with Crippen LogP contribution in [0.2, 0.25) is 0 Å². The summed E-state index contributed by atoms with van der Waals surface area (Å²) < 4.78 is 7.41. The zero-order valence-corrected chi connectivity index (χ0v) is 15.9. The number of ether oxygens (including phenoxy) is 1. The number of hydrogen-bond acceptors (Lipinski definition) is 3. The van der Waals surface area contributed by atoms with Gasteiger partial charge in [0.15, 0.2) is 17.9 Å². The van der Waals surface area contributed by atoms with Crippen LogP contribution in [-0.4, -0.2) is 18.9 Å². The van der Waals surface area contributed by atoms with Gasteiger partial charge in [0.2, 0.25) is 11.8 Å². The van der Waals surface area contributed by atoms with Crippen molar-refractivity contribution in [3.63, 3.8) is 0 Å². The molecule has 142 valence electrons. The number of hydrogen-bond donors (Lipinski definition) is 0. The highest BCUT2D eigenvalue weighted by Crippen LogP contribution is 2.55. The number of imide groups is 1. The van der Waals surface area contributed by atoms with E-state index in [1.54, 1.807) is 31.4 Å². The van der Waals surface area contributed by atoms with Crippen molar-refractivity contribution in [1.29, 1.82) is 0 Å². The molecule has 1 saturated heterocycles. The molecule has 0 spiro atoms. The van der Waals surface area contributed by atoms with E-state index in [-0.39, 0.29) is 35.6 Å². The van der Waals surface area contributed by atoms with E-state index < -0.39 is 0 Å². The van der Waals surface area contributed by atoms with Gasteiger partial charge in [-0.3, -0.25) is 9.59 Å². The molecule has 2 aromatic carbocycles. The van der Waals surface area contributed by atoms with Gasteiger partial charge >= 0.3 is 0 Å². The maximum Gasteiger partial charge on any atom is 0.244 e. The van der Waals surface area contributed by atoms with Crippen molar-refractivity contribution in [2.45, 2.75) is 12.0 Å². The number of carbonyl (C=O) groups is 2. The summed E-state index contributed by atoms with van der Waals surface area (Å²) in [5, 5.41) is 0. The highest BCUT2D eigenvalue weighted by molar-refractivity contribution is 6.23. The van der Waals surface area contributed by atoms with Crippen molar-refractivity contribution in [3.8, 4) is 5.75 Å². The molecule has 3 aliphatic heterocycles. The molecule has 2 bridgehead atoms. The predicted octanol–water partition coefficient (Wildman–Crippen LogP) is 2.84. The number of benzene rings is 2. The van der Waals surface area contributed by atoms with Crippen LogP contribution in [0, 0.1) is 11.8 Å². The third-order valence-corrected chi connectivity index (χ3v) is 6.62. The summed E-state index contributed by atoms with van der Waals surface area (Å²) in [4.78, 5) is 28.5. The highest BCUT2D eigenvalue weighted by Gasteiger charge is 2.66. The van der Waals surface area contributed by atoms with Crippen LogP contribution in [0.5, 0.6) is 5.75 Å². The molecule has 3 aromatic rings. The minimum absolute atomic E-state index is 0.107. The molecule has 0 radical (unpaired) electrons. The maximum atomic E-state index is 13.6. The monoisotopic (exact) mass is 383 g/mol. The first-order valence-corrected chi connectivity index (χ1v) is 9.81. The Balaban J connectivity index is 1.53. The van der Waals surface area contributed by atoms with Gasteiger partial charge in [-0.25, -0.2) is 4.90 Å². The number of methoxy groups -OCH3 is 1. The van der Waals surface area contributed by atoms with Crippen molar-refractivity contribution in [1.82, 2.24) is 0 Å². The highest BCUT2D eigenvalue weighted by atomic mass is 16.5. The van der Waals surface area contributed by atoms with Crippen LogP contribution < -0.4 is 14.2 Å². The quantitative estimate of drug-likeness (QED) is 0.505. The Morgan fingerprint density at radius 2 is 1.52 bits per heavy atom. The number of nitrogens with zero attached hydrogens (tertiary/aromatic N) is 2. The van der Waals surface area contributed by atoms with Crippen molar-refractivity contribution >= 4 is 17.5 Å². The van der Waals surface area contributed by atoms with E-state index >= 15 is 0 Å². The Kier molecular flexibility index (Phi) is 3.28. The molecule has 2 amide bonds. The molecule has 7 rings (SSSR count). The van der Waals surface area contributed by atoms with E-state index in [2.05, 4.69) is 22.8 Å². The molecule has 0 unspecified atom stereocenters. The summed E-state index contributed by atoms with van der Waals surface area (Å²) in [6.45, 7) is 0. The number of pyridine rings is 1. The van der Waals surface area contributed by atoms with Crippen LogP contribution in [0.3, 0.4) is 0 Å². The van der Waals surface area contributed by atoms with Crippen LogP contribution in [0.15, 0.2) is 72.9 Å². The summed E-state index contributed by atoms with van der Waals surface area (Å²) in [6, 6.07) is 21.3. The third kappa shape index (κ3) is 2.02. The molecule has 29 heavy (non-hydrogen) atoms. The minimum atomic E-state index is -0.385. The number of amides is 2. The van der Waals surface area contributed by atoms with Gasteiger partial charge < -0.3 is 4.74 Å². The average Bonchev–Trinajstić information content (AvgIpc) is 3.04. The Morgan fingerprint density at radius 3 is 2.28 bits per heavy atom. The molecule has 4 heterocycles. The largest absolute Gasteiger partial charge is 0.497 e. The molecule has 4 aliphatic rings. The summed E-state index contributed by atoms with van der Waals surface area (Å²) in [5.41, 5.74) is 4.03. The predicted molar refractivity (Wildman–Crippen MR) is 106 cm³/mol. The number of rotatable bonds is 2. The Labute approximate surface area is 168 Å². The zero-order chi connectivity index (χ0) is 19.7. The lowest BCUT2D eigenvalue weighted by Crippen LogP contribution is -2.59. The van der Waals surface area contributed by atoms with E-state index in [0.717, 1.165) is 11.3 Å². The lowest BCUT2D eigenvalue weighted by molar-refractivity contribution is -0.736. The second kappa shape index (κ2) is 5.77. The maximum absolute atomic E-state index is 13.6. The van der Waals surface area contributed by atoms with Gasteiger partial charge in [-0.05, 0) is 29.8 Å². The normalized spacial score (nSPS) is 26.2. The van der Waals surface area contributed by atoms with Gasteiger partial charge in [-0.1, -0.05) is 30.3 Å². The van der Waals surface area contributed by atoms with E-state index in [1.165, 1.54) is 10.5 Å². The topological polar surface area (TPSA) is 50.5 Å². The van der Waals surface area contributed by atoms with Crippen LogP contribution in [0.1, 0.15) is 28.8 Å². The molecule has 5 nitrogen and oxygen atoms in total. The fourth-order valence-electron chi connectivity index (χ4n) is 5.48. The van der Waals surface area contributed by atoms with Gasteiger partial charge in [0.05, 0.1) is 24.6 Å². The van der Waals surface area contributed by atoms with Crippen molar-refractivity contribution in [3.05, 3.63) is 89.7 Å². The summed E-state index contributed by atoms with van der Waals surface area (Å²) in [5.74, 6) is -0.388. The molecular weight excluding hydrogens is 364 g/mol.